The van der Waals surface area contributed by atoms with Crippen LogP contribution in [-0.2, 0) is 11.2 Å². The van der Waals surface area contributed by atoms with E-state index >= 15 is 0 Å². The van der Waals surface area contributed by atoms with Crippen LogP contribution in [0.2, 0.25) is 0 Å². The molecule has 2 N–H and O–H groups in total. The number of quaternary nitrogens is 1. The number of methoxy groups -OCH3 is 3. The molecule has 0 radical (unpaired) electrons. The molecule has 1 rings (SSSR count). The first-order valence-electron chi connectivity index (χ1n) is 8.07. The Labute approximate surface area is 145 Å². The lowest BCUT2D eigenvalue weighted by Gasteiger charge is -2.26. The van der Waals surface area contributed by atoms with Gasteiger partial charge in [-0.1, -0.05) is 13.8 Å². The van der Waals surface area contributed by atoms with Crippen molar-refractivity contribution >= 4 is 5.91 Å². The molecule has 0 heterocycles. The van der Waals surface area contributed by atoms with Crippen LogP contribution in [0.4, 0.5) is 0 Å². The maximum atomic E-state index is 12.3. The largest absolute Gasteiger partial charge is 0.493 e. The highest BCUT2D eigenvalue weighted by Gasteiger charge is 2.22. The Balaban J connectivity index is 2.77. The van der Waals surface area contributed by atoms with E-state index in [-0.39, 0.29) is 17.7 Å². The Hall–Kier alpha value is -1.95. The van der Waals surface area contributed by atoms with Gasteiger partial charge >= 0.3 is 0 Å². The summed E-state index contributed by atoms with van der Waals surface area (Å²) < 4.78 is 15.9. The molecule has 1 amide bonds. The van der Waals surface area contributed by atoms with Crippen molar-refractivity contribution in [3.05, 3.63) is 17.7 Å². The monoisotopic (exact) mass is 339 g/mol. The van der Waals surface area contributed by atoms with Gasteiger partial charge in [-0.25, -0.2) is 0 Å². The molecular weight excluding hydrogens is 308 g/mol. The average molecular weight is 339 g/mol. The number of ether oxygens (including phenoxy) is 3. The van der Waals surface area contributed by atoms with E-state index in [0.717, 1.165) is 12.1 Å². The summed E-state index contributed by atoms with van der Waals surface area (Å²) in [5.41, 5.74) is 0.863. The molecule has 0 aromatic heterocycles. The summed E-state index contributed by atoms with van der Waals surface area (Å²) in [5.74, 6) is 1.61. The molecule has 0 atom stereocenters. The summed E-state index contributed by atoms with van der Waals surface area (Å²) in [5, 5.41) is 3.02. The highest BCUT2D eigenvalue weighted by Crippen LogP contribution is 2.38. The lowest BCUT2D eigenvalue weighted by Crippen LogP contribution is -3.07. The number of amides is 1. The van der Waals surface area contributed by atoms with Crippen molar-refractivity contribution < 1.29 is 23.9 Å². The summed E-state index contributed by atoms with van der Waals surface area (Å²) in [4.78, 5) is 13.6. The van der Waals surface area contributed by atoms with Gasteiger partial charge < -0.3 is 24.4 Å². The third-order valence-electron chi connectivity index (χ3n) is 3.69. The third-order valence-corrected chi connectivity index (χ3v) is 3.69. The van der Waals surface area contributed by atoms with Crippen LogP contribution in [0.1, 0.15) is 19.4 Å². The summed E-state index contributed by atoms with van der Waals surface area (Å²) in [7, 11) is 8.90. The highest BCUT2D eigenvalue weighted by atomic mass is 16.5. The van der Waals surface area contributed by atoms with E-state index in [9.17, 15) is 4.79 Å². The van der Waals surface area contributed by atoms with Crippen molar-refractivity contribution in [3.63, 3.8) is 0 Å². The zero-order valence-electron chi connectivity index (χ0n) is 15.9. The van der Waals surface area contributed by atoms with Gasteiger partial charge in [0.15, 0.2) is 11.5 Å². The van der Waals surface area contributed by atoms with Crippen LogP contribution in [0.5, 0.6) is 17.2 Å². The number of hydrogen-bond acceptors (Lipinski definition) is 4. The van der Waals surface area contributed by atoms with Gasteiger partial charge in [-0.15, -0.1) is 0 Å². The molecular formula is C18H31N2O4+. The average Bonchev–Trinajstić information content (AvgIpc) is 2.50. The SMILES string of the molecule is COc1cc(CC(=O)NCC(C)(C)C[NH+](C)C)cc(OC)c1OC. The Morgan fingerprint density at radius 1 is 1.08 bits per heavy atom. The molecule has 0 fully saturated rings. The van der Waals surface area contributed by atoms with E-state index in [1.54, 1.807) is 33.5 Å². The lowest BCUT2D eigenvalue weighted by molar-refractivity contribution is -0.865. The van der Waals surface area contributed by atoms with Gasteiger partial charge in [-0.2, -0.15) is 0 Å². The minimum Gasteiger partial charge on any atom is -0.493 e. The van der Waals surface area contributed by atoms with Crippen LogP contribution < -0.4 is 24.4 Å². The fourth-order valence-electron chi connectivity index (χ4n) is 2.84. The molecule has 0 aliphatic heterocycles. The first kappa shape index (κ1) is 20.1. The number of carbonyl (C=O) groups excluding carboxylic acids is 1. The van der Waals surface area contributed by atoms with Gasteiger partial charge in [-0.3, -0.25) is 4.79 Å². The van der Waals surface area contributed by atoms with Crippen LogP contribution in [0, 0.1) is 5.41 Å². The molecule has 136 valence electrons. The molecule has 0 bridgehead atoms. The van der Waals surface area contributed by atoms with Gasteiger partial charge in [0, 0.05) is 12.0 Å². The fraction of sp³-hybridized carbons (Fsp3) is 0.611. The molecule has 0 saturated heterocycles. The van der Waals surface area contributed by atoms with Gasteiger partial charge in [0.05, 0.1) is 48.4 Å². The Kier molecular flexibility index (Phi) is 7.35. The maximum absolute atomic E-state index is 12.3. The summed E-state index contributed by atoms with van der Waals surface area (Å²) in [6.45, 7) is 5.93. The predicted molar refractivity (Wildman–Crippen MR) is 94.3 cm³/mol. The van der Waals surface area contributed by atoms with Crippen molar-refractivity contribution in [2.24, 2.45) is 5.41 Å². The van der Waals surface area contributed by atoms with Crippen molar-refractivity contribution in [1.29, 1.82) is 0 Å². The number of benzene rings is 1. The minimum atomic E-state index is -0.0221. The van der Waals surface area contributed by atoms with Gasteiger partial charge in [-0.05, 0) is 17.7 Å². The van der Waals surface area contributed by atoms with Crippen molar-refractivity contribution in [2.75, 3.05) is 48.5 Å². The zero-order valence-corrected chi connectivity index (χ0v) is 15.9. The van der Waals surface area contributed by atoms with E-state index in [1.807, 2.05) is 0 Å². The lowest BCUT2D eigenvalue weighted by atomic mass is 9.93. The van der Waals surface area contributed by atoms with Crippen molar-refractivity contribution in [3.8, 4) is 17.2 Å². The molecule has 0 saturated carbocycles. The maximum Gasteiger partial charge on any atom is 0.224 e. The van der Waals surface area contributed by atoms with E-state index in [4.69, 9.17) is 14.2 Å². The summed E-state index contributed by atoms with van der Waals surface area (Å²) >= 11 is 0. The molecule has 6 heteroatoms. The normalized spacial score (nSPS) is 11.3. The van der Waals surface area contributed by atoms with E-state index in [2.05, 4.69) is 33.3 Å². The van der Waals surface area contributed by atoms with Crippen LogP contribution in [0.25, 0.3) is 0 Å². The zero-order chi connectivity index (χ0) is 18.3. The second kappa shape index (κ2) is 8.78. The summed E-state index contributed by atoms with van der Waals surface area (Å²) in [6, 6.07) is 3.60. The summed E-state index contributed by atoms with van der Waals surface area (Å²) in [6.07, 6.45) is 0.265. The van der Waals surface area contributed by atoms with E-state index in [0.29, 0.717) is 23.8 Å². The van der Waals surface area contributed by atoms with Crippen LogP contribution in [-0.4, -0.2) is 54.4 Å². The first-order valence-corrected chi connectivity index (χ1v) is 8.07. The Bertz CT molecular complexity index is 531. The smallest absolute Gasteiger partial charge is 0.224 e. The van der Waals surface area contributed by atoms with E-state index < -0.39 is 0 Å². The number of hydrogen-bond donors (Lipinski definition) is 2. The number of rotatable bonds is 9. The number of carbonyl (C=O) groups is 1. The topological polar surface area (TPSA) is 61.2 Å². The Morgan fingerprint density at radius 2 is 1.62 bits per heavy atom. The van der Waals surface area contributed by atoms with Gasteiger partial charge in [0.1, 0.15) is 0 Å². The highest BCUT2D eigenvalue weighted by molar-refractivity contribution is 5.79. The number of nitrogens with one attached hydrogen (secondary N) is 2. The molecule has 0 unspecified atom stereocenters. The molecule has 6 nitrogen and oxygen atoms in total. The third kappa shape index (κ3) is 5.92. The minimum absolute atomic E-state index is 0.0221. The molecule has 0 aliphatic rings. The second-order valence-corrected chi connectivity index (χ2v) is 7.04. The van der Waals surface area contributed by atoms with Gasteiger partial charge in [0.25, 0.3) is 0 Å². The standard InChI is InChI=1S/C18H30N2O4/c1-18(2,12-20(3)4)11-19-16(21)10-13-8-14(22-5)17(24-7)15(9-13)23-6/h8-9H,10-12H2,1-7H3,(H,19,21)/p+1. The molecule has 0 spiro atoms. The molecule has 1 aromatic rings. The van der Waals surface area contributed by atoms with E-state index in [1.165, 1.54) is 4.90 Å². The quantitative estimate of drug-likeness (QED) is 0.689. The predicted octanol–water partition coefficient (Wildman–Crippen LogP) is 0.542. The van der Waals surface area contributed by atoms with Crippen LogP contribution in [0.3, 0.4) is 0 Å². The first-order chi connectivity index (χ1) is 11.2. The molecule has 24 heavy (non-hydrogen) atoms. The molecule has 1 aromatic carbocycles. The fourth-order valence-corrected chi connectivity index (χ4v) is 2.84. The Morgan fingerprint density at radius 3 is 2.04 bits per heavy atom. The van der Waals surface area contributed by atoms with Crippen molar-refractivity contribution in [2.45, 2.75) is 20.3 Å². The van der Waals surface area contributed by atoms with Crippen LogP contribution >= 0.6 is 0 Å². The second-order valence-electron chi connectivity index (χ2n) is 7.04. The van der Waals surface area contributed by atoms with Crippen molar-refractivity contribution in [1.82, 2.24) is 5.32 Å². The van der Waals surface area contributed by atoms with Crippen LogP contribution in [0.15, 0.2) is 12.1 Å². The van der Waals surface area contributed by atoms with Gasteiger partial charge in [0.2, 0.25) is 11.7 Å². The molecule has 0 aliphatic carbocycles.